The number of rotatable bonds is 3. The molecule has 2 aromatic carbocycles. The molecule has 0 aliphatic carbocycles. The highest BCUT2D eigenvalue weighted by Gasteiger charge is 2.23. The maximum atomic E-state index is 6.35. The normalized spacial score (nSPS) is 16.6. The molecule has 2 N–H and O–H groups in total. The van der Waals surface area contributed by atoms with Crippen molar-refractivity contribution in [2.45, 2.75) is 6.10 Å². The first kappa shape index (κ1) is 14.0. The van der Waals surface area contributed by atoms with E-state index in [9.17, 15) is 0 Å². The predicted octanol–water partition coefficient (Wildman–Crippen LogP) is 3.11. The fourth-order valence-corrected chi connectivity index (χ4v) is 2.58. The smallest absolute Gasteiger partial charge is 0.169 e. The standard InChI is InChI=1S/C16H16ClNO3/c1-19-10-5-6-12(14(17)7-10)13-3-2-4-15-16(13)21-11(8-18)9-20-15/h2-7,11H,8-9,18H2,1H3/t11-/m0/s1. The van der Waals surface area contributed by atoms with Gasteiger partial charge >= 0.3 is 0 Å². The molecule has 1 aliphatic rings. The summed E-state index contributed by atoms with van der Waals surface area (Å²) in [5.41, 5.74) is 7.43. The molecule has 5 heteroatoms. The predicted molar refractivity (Wildman–Crippen MR) is 82.4 cm³/mol. The highest BCUT2D eigenvalue weighted by molar-refractivity contribution is 6.33. The molecule has 0 spiro atoms. The van der Waals surface area contributed by atoms with Gasteiger partial charge in [0.15, 0.2) is 11.5 Å². The lowest BCUT2D eigenvalue weighted by atomic mass is 10.0. The van der Waals surface area contributed by atoms with Crippen molar-refractivity contribution in [1.82, 2.24) is 0 Å². The molecular formula is C16H16ClNO3. The Bertz CT molecular complexity index is 660. The zero-order chi connectivity index (χ0) is 14.8. The van der Waals surface area contributed by atoms with Crippen LogP contribution in [0.25, 0.3) is 11.1 Å². The van der Waals surface area contributed by atoms with Gasteiger partial charge in [-0.15, -0.1) is 0 Å². The Hall–Kier alpha value is -1.91. The van der Waals surface area contributed by atoms with Crippen LogP contribution < -0.4 is 19.9 Å². The second kappa shape index (κ2) is 5.84. The Morgan fingerprint density at radius 1 is 1.29 bits per heavy atom. The molecule has 1 atom stereocenters. The minimum atomic E-state index is -0.143. The SMILES string of the molecule is COc1ccc(-c2cccc3c2O[C@@H](CN)CO3)c(Cl)c1. The van der Waals surface area contributed by atoms with E-state index in [0.29, 0.717) is 35.4 Å². The number of halogens is 1. The van der Waals surface area contributed by atoms with E-state index in [1.165, 1.54) is 0 Å². The van der Waals surface area contributed by atoms with E-state index in [-0.39, 0.29) is 6.10 Å². The first-order valence-corrected chi connectivity index (χ1v) is 7.07. The summed E-state index contributed by atoms with van der Waals surface area (Å²) in [6, 6.07) is 11.3. The Kier molecular flexibility index (Phi) is 3.90. The zero-order valence-electron chi connectivity index (χ0n) is 11.6. The van der Waals surface area contributed by atoms with Crippen LogP contribution in [0.4, 0.5) is 0 Å². The summed E-state index contributed by atoms with van der Waals surface area (Å²) < 4.78 is 16.8. The van der Waals surface area contributed by atoms with Gasteiger partial charge in [-0.25, -0.2) is 0 Å². The minimum absolute atomic E-state index is 0.143. The average molecular weight is 306 g/mol. The topological polar surface area (TPSA) is 53.7 Å². The Morgan fingerprint density at radius 2 is 2.14 bits per heavy atom. The fraction of sp³-hybridized carbons (Fsp3) is 0.250. The maximum Gasteiger partial charge on any atom is 0.169 e. The molecule has 4 nitrogen and oxygen atoms in total. The number of hydrogen-bond donors (Lipinski definition) is 1. The molecule has 2 aromatic rings. The lowest BCUT2D eigenvalue weighted by Crippen LogP contribution is -2.35. The Morgan fingerprint density at radius 3 is 2.86 bits per heavy atom. The summed E-state index contributed by atoms with van der Waals surface area (Å²) in [5, 5.41) is 0.598. The molecule has 0 unspecified atom stereocenters. The van der Waals surface area contributed by atoms with E-state index in [4.69, 9.17) is 31.5 Å². The van der Waals surface area contributed by atoms with Gasteiger partial charge in [0, 0.05) is 17.7 Å². The number of ether oxygens (including phenoxy) is 3. The van der Waals surface area contributed by atoms with Crippen LogP contribution in [0.2, 0.25) is 5.02 Å². The number of fused-ring (bicyclic) bond motifs is 1. The summed E-state index contributed by atoms with van der Waals surface area (Å²) in [4.78, 5) is 0. The molecule has 0 fully saturated rings. The van der Waals surface area contributed by atoms with Gasteiger partial charge in [-0.2, -0.15) is 0 Å². The Balaban J connectivity index is 2.07. The van der Waals surface area contributed by atoms with Gasteiger partial charge in [0.1, 0.15) is 18.5 Å². The molecule has 3 rings (SSSR count). The second-order valence-corrected chi connectivity index (χ2v) is 5.17. The third-order valence-electron chi connectivity index (χ3n) is 3.42. The van der Waals surface area contributed by atoms with Gasteiger partial charge in [0.05, 0.1) is 12.1 Å². The summed E-state index contributed by atoms with van der Waals surface area (Å²) in [6.45, 7) is 0.868. The summed E-state index contributed by atoms with van der Waals surface area (Å²) in [5.74, 6) is 2.11. The van der Waals surface area contributed by atoms with Crippen molar-refractivity contribution in [2.24, 2.45) is 5.73 Å². The van der Waals surface area contributed by atoms with Crippen LogP contribution >= 0.6 is 11.6 Å². The van der Waals surface area contributed by atoms with Crippen LogP contribution in [0.3, 0.4) is 0 Å². The van der Waals surface area contributed by atoms with Gasteiger partial charge in [-0.05, 0) is 24.3 Å². The maximum absolute atomic E-state index is 6.35. The van der Waals surface area contributed by atoms with Crippen molar-refractivity contribution in [3.63, 3.8) is 0 Å². The highest BCUT2D eigenvalue weighted by atomic mass is 35.5. The lowest BCUT2D eigenvalue weighted by Gasteiger charge is -2.27. The van der Waals surface area contributed by atoms with Crippen LogP contribution in [0.1, 0.15) is 0 Å². The summed E-state index contributed by atoms with van der Waals surface area (Å²) >= 11 is 6.35. The first-order chi connectivity index (χ1) is 10.2. The molecular weight excluding hydrogens is 290 g/mol. The zero-order valence-corrected chi connectivity index (χ0v) is 12.4. The van der Waals surface area contributed by atoms with E-state index in [1.54, 1.807) is 13.2 Å². The number of hydrogen-bond acceptors (Lipinski definition) is 4. The van der Waals surface area contributed by atoms with Crippen molar-refractivity contribution in [2.75, 3.05) is 20.3 Å². The molecule has 1 heterocycles. The van der Waals surface area contributed by atoms with Crippen LogP contribution in [-0.2, 0) is 0 Å². The molecule has 0 aromatic heterocycles. The van der Waals surface area contributed by atoms with E-state index >= 15 is 0 Å². The van der Waals surface area contributed by atoms with Crippen LogP contribution in [-0.4, -0.2) is 26.4 Å². The van der Waals surface area contributed by atoms with E-state index < -0.39 is 0 Å². The van der Waals surface area contributed by atoms with Crippen molar-refractivity contribution >= 4 is 11.6 Å². The monoisotopic (exact) mass is 305 g/mol. The average Bonchev–Trinajstić information content (AvgIpc) is 2.53. The lowest BCUT2D eigenvalue weighted by molar-refractivity contribution is 0.0976. The van der Waals surface area contributed by atoms with Gasteiger partial charge in [-0.1, -0.05) is 23.7 Å². The molecule has 1 aliphatic heterocycles. The summed E-state index contributed by atoms with van der Waals surface area (Å²) in [7, 11) is 1.61. The molecule has 0 saturated heterocycles. The number of benzene rings is 2. The van der Waals surface area contributed by atoms with E-state index in [2.05, 4.69) is 0 Å². The second-order valence-electron chi connectivity index (χ2n) is 4.77. The fourth-order valence-electron chi connectivity index (χ4n) is 2.30. The highest BCUT2D eigenvalue weighted by Crippen LogP contribution is 2.43. The summed E-state index contributed by atoms with van der Waals surface area (Å²) in [6.07, 6.45) is -0.143. The molecule has 21 heavy (non-hydrogen) atoms. The molecule has 0 saturated carbocycles. The van der Waals surface area contributed by atoms with Crippen molar-refractivity contribution < 1.29 is 14.2 Å². The molecule has 0 bridgehead atoms. The largest absolute Gasteiger partial charge is 0.497 e. The molecule has 110 valence electrons. The quantitative estimate of drug-likeness (QED) is 0.946. The van der Waals surface area contributed by atoms with Gasteiger partial charge in [0.2, 0.25) is 0 Å². The van der Waals surface area contributed by atoms with Gasteiger partial charge in [0.25, 0.3) is 0 Å². The van der Waals surface area contributed by atoms with E-state index in [1.807, 2.05) is 30.3 Å². The minimum Gasteiger partial charge on any atom is -0.497 e. The van der Waals surface area contributed by atoms with Gasteiger partial charge in [-0.3, -0.25) is 0 Å². The van der Waals surface area contributed by atoms with Crippen molar-refractivity contribution in [3.8, 4) is 28.4 Å². The van der Waals surface area contributed by atoms with Crippen molar-refractivity contribution in [1.29, 1.82) is 0 Å². The Labute approximate surface area is 128 Å². The van der Waals surface area contributed by atoms with E-state index in [0.717, 1.165) is 11.1 Å². The third-order valence-corrected chi connectivity index (χ3v) is 3.73. The molecule has 0 amide bonds. The van der Waals surface area contributed by atoms with Gasteiger partial charge < -0.3 is 19.9 Å². The molecule has 0 radical (unpaired) electrons. The third kappa shape index (κ3) is 2.64. The van der Waals surface area contributed by atoms with Crippen LogP contribution in [0.5, 0.6) is 17.2 Å². The van der Waals surface area contributed by atoms with Crippen molar-refractivity contribution in [3.05, 3.63) is 41.4 Å². The first-order valence-electron chi connectivity index (χ1n) is 6.69. The number of nitrogens with two attached hydrogens (primary N) is 1. The van der Waals surface area contributed by atoms with Crippen LogP contribution in [0, 0.1) is 0 Å². The van der Waals surface area contributed by atoms with Crippen LogP contribution in [0.15, 0.2) is 36.4 Å². The number of methoxy groups -OCH3 is 1. The number of para-hydroxylation sites is 1.